The molecule has 0 saturated heterocycles. The van der Waals surface area contributed by atoms with Crippen molar-refractivity contribution >= 4 is 14.3 Å². The molecule has 1 aliphatic rings. The van der Waals surface area contributed by atoms with Gasteiger partial charge in [-0.05, 0) is 24.2 Å². The first-order valence-electron chi connectivity index (χ1n) is 6.82. The van der Waals surface area contributed by atoms with E-state index >= 15 is 0 Å². The highest BCUT2D eigenvalue weighted by molar-refractivity contribution is 6.74. The van der Waals surface area contributed by atoms with Crippen molar-refractivity contribution in [1.29, 1.82) is 0 Å². The average molecular weight is 302 g/mol. The van der Waals surface area contributed by atoms with Gasteiger partial charge in [-0.3, -0.25) is 0 Å². The minimum absolute atomic E-state index is 0.00966. The Morgan fingerprint density at radius 1 is 1.35 bits per heavy atom. The fourth-order valence-electron chi connectivity index (χ4n) is 1.88. The van der Waals surface area contributed by atoms with Crippen molar-refractivity contribution in [2.45, 2.75) is 63.6 Å². The smallest absolute Gasteiger partial charge is 0.333 e. The van der Waals surface area contributed by atoms with Gasteiger partial charge in [-0.15, -0.1) is 0 Å². The zero-order valence-corrected chi connectivity index (χ0v) is 14.1. The van der Waals surface area contributed by atoms with Crippen LogP contribution in [-0.2, 0) is 14.0 Å². The molecule has 0 radical (unpaired) electrons. The number of carbonyl (C=O) groups excluding carboxylic acids is 1. The molecule has 5 nitrogen and oxygen atoms in total. The molecule has 3 atom stereocenters. The summed E-state index contributed by atoms with van der Waals surface area (Å²) in [5.41, 5.74) is 0.356. The number of aliphatic hydroxyl groups excluding tert-OH is 2. The van der Waals surface area contributed by atoms with Gasteiger partial charge in [0.1, 0.15) is 12.2 Å². The fourth-order valence-corrected chi connectivity index (χ4v) is 3.21. The zero-order chi connectivity index (χ0) is 15.7. The third-order valence-electron chi connectivity index (χ3n) is 4.22. The molecule has 1 rings (SSSR count). The Bertz CT molecular complexity index is 397. The maximum atomic E-state index is 11.6. The van der Waals surface area contributed by atoms with E-state index in [0.717, 1.165) is 0 Å². The van der Waals surface area contributed by atoms with E-state index in [4.69, 9.17) is 4.43 Å². The molecule has 20 heavy (non-hydrogen) atoms. The van der Waals surface area contributed by atoms with Gasteiger partial charge in [0.25, 0.3) is 0 Å². The zero-order valence-electron chi connectivity index (χ0n) is 13.1. The van der Waals surface area contributed by atoms with E-state index in [1.807, 2.05) is 0 Å². The summed E-state index contributed by atoms with van der Waals surface area (Å²) in [6, 6.07) is 0. The minimum atomic E-state index is -2.09. The largest absolute Gasteiger partial charge is 0.466 e. The van der Waals surface area contributed by atoms with Crippen molar-refractivity contribution in [1.82, 2.24) is 0 Å². The highest BCUT2D eigenvalue weighted by atomic mass is 28.4. The maximum absolute atomic E-state index is 11.6. The number of hydrogen-bond acceptors (Lipinski definition) is 5. The van der Waals surface area contributed by atoms with Crippen LogP contribution >= 0.6 is 0 Å². The van der Waals surface area contributed by atoms with Crippen LogP contribution in [0.4, 0.5) is 0 Å². The van der Waals surface area contributed by atoms with Gasteiger partial charge in [-0.25, -0.2) is 4.79 Å². The summed E-state index contributed by atoms with van der Waals surface area (Å²) in [5.74, 6) is -0.486. The maximum Gasteiger partial charge on any atom is 0.333 e. The van der Waals surface area contributed by atoms with Crippen LogP contribution < -0.4 is 0 Å². The Kier molecular flexibility index (Phi) is 5.18. The molecule has 1 aliphatic carbocycles. The number of methoxy groups -OCH3 is 1. The van der Waals surface area contributed by atoms with Gasteiger partial charge in [0.05, 0.1) is 13.2 Å². The molecule has 0 aromatic carbocycles. The van der Waals surface area contributed by atoms with E-state index in [9.17, 15) is 15.0 Å². The number of esters is 1. The Labute approximate surface area is 121 Å². The van der Waals surface area contributed by atoms with Gasteiger partial charge < -0.3 is 19.4 Å². The van der Waals surface area contributed by atoms with E-state index in [2.05, 4.69) is 38.6 Å². The average Bonchev–Trinajstić information content (AvgIpc) is 2.31. The van der Waals surface area contributed by atoms with Gasteiger partial charge in [0.2, 0.25) is 0 Å². The van der Waals surface area contributed by atoms with E-state index in [1.54, 1.807) is 0 Å². The van der Waals surface area contributed by atoms with Gasteiger partial charge in [0.15, 0.2) is 8.32 Å². The Balaban J connectivity index is 2.91. The van der Waals surface area contributed by atoms with Crippen LogP contribution in [0.1, 0.15) is 27.2 Å². The monoisotopic (exact) mass is 302 g/mol. The molecule has 0 aliphatic heterocycles. The van der Waals surface area contributed by atoms with Crippen molar-refractivity contribution in [3.05, 3.63) is 11.6 Å². The number of aliphatic hydroxyl groups is 2. The summed E-state index contributed by atoms with van der Waals surface area (Å²) in [6.45, 7) is 10.4. The summed E-state index contributed by atoms with van der Waals surface area (Å²) in [5, 5.41) is 19.9. The summed E-state index contributed by atoms with van der Waals surface area (Å²) >= 11 is 0. The van der Waals surface area contributed by atoms with Crippen LogP contribution in [-0.4, -0.2) is 49.9 Å². The van der Waals surface area contributed by atoms with Gasteiger partial charge >= 0.3 is 5.97 Å². The molecule has 0 fully saturated rings. The van der Waals surface area contributed by atoms with Crippen molar-refractivity contribution in [2.24, 2.45) is 0 Å². The number of ether oxygens (including phenoxy) is 1. The second-order valence-corrected chi connectivity index (χ2v) is 11.5. The first-order chi connectivity index (χ1) is 8.99. The predicted octanol–water partition coefficient (Wildman–Crippen LogP) is 1.60. The quantitative estimate of drug-likeness (QED) is 0.612. The molecule has 0 amide bonds. The summed E-state index contributed by atoms with van der Waals surface area (Å²) in [7, 11) is -0.793. The fraction of sp³-hybridized carbons (Fsp3) is 0.786. The third-order valence-corrected chi connectivity index (χ3v) is 8.73. The highest BCUT2D eigenvalue weighted by Gasteiger charge is 2.43. The summed E-state index contributed by atoms with van der Waals surface area (Å²) < 4.78 is 10.8. The lowest BCUT2D eigenvalue weighted by atomic mass is 9.92. The molecule has 0 heterocycles. The van der Waals surface area contributed by atoms with E-state index < -0.39 is 32.6 Å². The van der Waals surface area contributed by atoms with Crippen LogP contribution in [0.5, 0.6) is 0 Å². The molecular weight excluding hydrogens is 276 g/mol. The van der Waals surface area contributed by atoms with E-state index in [-0.39, 0.29) is 11.5 Å². The first-order valence-corrected chi connectivity index (χ1v) is 9.73. The van der Waals surface area contributed by atoms with Crippen molar-refractivity contribution in [2.75, 3.05) is 7.11 Å². The Morgan fingerprint density at radius 3 is 2.35 bits per heavy atom. The molecule has 6 heteroatoms. The van der Waals surface area contributed by atoms with Crippen LogP contribution in [0.2, 0.25) is 18.1 Å². The van der Waals surface area contributed by atoms with Crippen molar-refractivity contribution in [3.8, 4) is 0 Å². The second-order valence-electron chi connectivity index (χ2n) is 6.79. The molecule has 0 aromatic heterocycles. The van der Waals surface area contributed by atoms with Crippen LogP contribution in [0.25, 0.3) is 0 Å². The summed E-state index contributed by atoms with van der Waals surface area (Å²) in [4.78, 5) is 11.6. The predicted molar refractivity (Wildman–Crippen MR) is 78.8 cm³/mol. The van der Waals surface area contributed by atoms with Crippen LogP contribution in [0.3, 0.4) is 0 Å². The lowest BCUT2D eigenvalue weighted by Gasteiger charge is -2.42. The molecule has 0 aromatic rings. The highest BCUT2D eigenvalue weighted by Crippen LogP contribution is 2.39. The number of hydrogen-bond donors (Lipinski definition) is 2. The number of rotatable bonds is 3. The normalized spacial score (nSPS) is 28.0. The minimum Gasteiger partial charge on any atom is -0.466 e. The Morgan fingerprint density at radius 2 is 1.90 bits per heavy atom. The van der Waals surface area contributed by atoms with Gasteiger partial charge in [-0.2, -0.15) is 0 Å². The second kappa shape index (κ2) is 5.97. The molecule has 2 N–H and O–H groups in total. The van der Waals surface area contributed by atoms with Crippen molar-refractivity contribution < 1.29 is 24.2 Å². The molecule has 0 saturated carbocycles. The van der Waals surface area contributed by atoms with Crippen molar-refractivity contribution in [3.63, 3.8) is 0 Å². The van der Waals surface area contributed by atoms with E-state index in [0.29, 0.717) is 5.57 Å². The SMILES string of the molecule is COC(=O)C1=C[C@@H](O)[C@H](O)[C@@H](O[Si](C)(C)C(C)(C)C)C1. The molecule has 0 bridgehead atoms. The van der Waals surface area contributed by atoms with Gasteiger partial charge in [0, 0.05) is 12.0 Å². The lowest BCUT2D eigenvalue weighted by molar-refractivity contribution is -0.137. The first kappa shape index (κ1) is 17.4. The van der Waals surface area contributed by atoms with Crippen LogP contribution in [0, 0.1) is 0 Å². The summed E-state index contributed by atoms with van der Waals surface area (Å²) in [6.07, 6.45) is -1.09. The third kappa shape index (κ3) is 3.69. The topological polar surface area (TPSA) is 76.0 Å². The molecule has 116 valence electrons. The Hall–Kier alpha value is -0.693. The molecule has 0 unspecified atom stereocenters. The molecular formula is C14H26O5Si. The van der Waals surface area contributed by atoms with Gasteiger partial charge in [-0.1, -0.05) is 20.8 Å². The van der Waals surface area contributed by atoms with E-state index in [1.165, 1.54) is 13.2 Å². The number of carbonyl (C=O) groups is 1. The molecule has 0 spiro atoms. The van der Waals surface area contributed by atoms with Crippen LogP contribution in [0.15, 0.2) is 11.6 Å². The lowest BCUT2D eigenvalue weighted by Crippen LogP contribution is -2.51. The standard InChI is InChI=1S/C14H26O5Si/c1-14(2,3)20(5,6)19-11-8-9(13(17)18-4)7-10(15)12(11)16/h7,10-12,15-16H,8H2,1-6H3/t10-,11+,12+/m1/s1.